The van der Waals surface area contributed by atoms with Crippen molar-refractivity contribution in [3.8, 4) is 11.4 Å². The molecule has 0 unspecified atom stereocenters. The molecule has 9 nitrogen and oxygen atoms in total. The number of piperidine rings is 1. The molecule has 3 aromatic rings. The molecule has 9 heteroatoms. The van der Waals surface area contributed by atoms with Gasteiger partial charge in [-0.3, -0.25) is 4.79 Å². The van der Waals surface area contributed by atoms with Crippen LogP contribution in [0.5, 0.6) is 0 Å². The predicted molar refractivity (Wildman–Crippen MR) is 101 cm³/mol. The largest absolute Gasteiger partial charge is 0.328 e. The Balaban J connectivity index is 1.32. The van der Waals surface area contributed by atoms with Crippen LogP contribution < -0.4 is 5.32 Å². The topological polar surface area (TPSA) is 93.8 Å². The van der Waals surface area contributed by atoms with Crippen LogP contribution in [-0.2, 0) is 13.1 Å². The fraction of sp³-hybridized carbons (Fsp3) is 0.421. The van der Waals surface area contributed by atoms with E-state index in [1.165, 1.54) is 0 Å². The van der Waals surface area contributed by atoms with Crippen molar-refractivity contribution in [3.63, 3.8) is 0 Å². The summed E-state index contributed by atoms with van der Waals surface area (Å²) in [6.07, 6.45) is 3.80. The molecular formula is C19H22N8O. The summed E-state index contributed by atoms with van der Waals surface area (Å²) >= 11 is 0. The maximum absolute atomic E-state index is 12.9. The third-order valence-corrected chi connectivity index (χ3v) is 5.48. The van der Waals surface area contributed by atoms with Crippen molar-refractivity contribution in [1.82, 2.24) is 40.0 Å². The molecular weight excluding hydrogens is 356 g/mol. The Kier molecular flexibility index (Phi) is 4.36. The van der Waals surface area contributed by atoms with Crippen LogP contribution in [0.25, 0.3) is 11.4 Å². The third kappa shape index (κ3) is 3.07. The molecule has 0 spiro atoms. The number of benzene rings is 1. The maximum Gasteiger partial charge on any atom is 0.276 e. The Bertz CT molecular complexity index is 973. The lowest BCUT2D eigenvalue weighted by molar-refractivity contribution is 0.0702. The van der Waals surface area contributed by atoms with Crippen molar-refractivity contribution < 1.29 is 4.79 Å². The lowest BCUT2D eigenvalue weighted by Crippen LogP contribution is -2.38. The molecule has 1 fully saturated rings. The number of carbonyl (C=O) groups excluding carboxylic acids is 1. The van der Waals surface area contributed by atoms with Gasteiger partial charge in [0.1, 0.15) is 0 Å². The minimum Gasteiger partial charge on any atom is -0.328 e. The second-order valence-electron chi connectivity index (χ2n) is 7.25. The molecule has 2 aromatic heterocycles. The van der Waals surface area contributed by atoms with Crippen LogP contribution in [0.2, 0.25) is 0 Å². The van der Waals surface area contributed by atoms with E-state index in [0.717, 1.165) is 43.1 Å². The highest BCUT2D eigenvalue weighted by Gasteiger charge is 2.28. The lowest BCUT2D eigenvalue weighted by atomic mass is 10.1. The summed E-state index contributed by atoms with van der Waals surface area (Å²) in [5, 5.41) is 20.3. The molecule has 28 heavy (non-hydrogen) atoms. The highest BCUT2D eigenvalue weighted by atomic mass is 16.2. The van der Waals surface area contributed by atoms with E-state index in [4.69, 9.17) is 0 Å². The van der Waals surface area contributed by atoms with Crippen LogP contribution in [0, 0.1) is 0 Å². The number of aromatic nitrogens is 6. The number of amides is 1. The number of nitrogens with one attached hydrogen (secondary N) is 1. The van der Waals surface area contributed by atoms with Crippen molar-refractivity contribution in [2.75, 3.05) is 19.6 Å². The minimum atomic E-state index is -0.101. The summed E-state index contributed by atoms with van der Waals surface area (Å²) in [5.74, 6) is 1.54. The molecule has 0 saturated carbocycles. The molecule has 2 aliphatic rings. The normalized spacial score (nSPS) is 17.5. The summed E-state index contributed by atoms with van der Waals surface area (Å²) < 4.78 is 3.93. The van der Waals surface area contributed by atoms with Gasteiger partial charge in [0.05, 0.1) is 18.8 Å². The molecule has 2 aliphatic heterocycles. The number of hydrogen-bond donors (Lipinski definition) is 1. The zero-order valence-corrected chi connectivity index (χ0v) is 15.5. The first-order chi connectivity index (χ1) is 13.8. The molecule has 1 aromatic carbocycles. The zero-order chi connectivity index (χ0) is 18.9. The van der Waals surface area contributed by atoms with Crippen LogP contribution in [0.1, 0.15) is 35.2 Å². The van der Waals surface area contributed by atoms with Gasteiger partial charge in [-0.05, 0) is 25.9 Å². The number of nitrogens with zero attached hydrogens (tertiary/aromatic N) is 7. The van der Waals surface area contributed by atoms with E-state index in [-0.39, 0.29) is 5.91 Å². The molecule has 1 saturated heterocycles. The second kappa shape index (κ2) is 7.16. The fourth-order valence-electron chi connectivity index (χ4n) is 3.92. The maximum atomic E-state index is 12.9. The number of fused-ring (bicyclic) bond motifs is 1. The van der Waals surface area contributed by atoms with Gasteiger partial charge in [0.15, 0.2) is 17.3 Å². The molecule has 144 valence electrons. The van der Waals surface area contributed by atoms with Crippen molar-refractivity contribution in [1.29, 1.82) is 0 Å². The van der Waals surface area contributed by atoms with E-state index in [9.17, 15) is 4.79 Å². The molecule has 1 N–H and O–H groups in total. The van der Waals surface area contributed by atoms with Crippen molar-refractivity contribution in [2.24, 2.45) is 0 Å². The first-order valence-electron chi connectivity index (χ1n) is 9.69. The molecule has 0 radical (unpaired) electrons. The van der Waals surface area contributed by atoms with E-state index in [1.54, 1.807) is 11.1 Å². The van der Waals surface area contributed by atoms with E-state index in [1.807, 2.05) is 35.0 Å². The average Bonchev–Trinajstić information content (AvgIpc) is 3.41. The average molecular weight is 378 g/mol. The second-order valence-corrected chi connectivity index (χ2v) is 7.25. The quantitative estimate of drug-likeness (QED) is 0.734. The fourth-order valence-corrected chi connectivity index (χ4v) is 3.92. The number of carbonyl (C=O) groups is 1. The summed E-state index contributed by atoms with van der Waals surface area (Å²) in [5.41, 5.74) is 1.43. The summed E-state index contributed by atoms with van der Waals surface area (Å²) in [6, 6.07) is 10.3. The Labute approximate surface area is 162 Å². The van der Waals surface area contributed by atoms with Crippen LogP contribution in [0.3, 0.4) is 0 Å². The van der Waals surface area contributed by atoms with Crippen LogP contribution in [0.15, 0.2) is 36.5 Å². The van der Waals surface area contributed by atoms with Gasteiger partial charge in [0, 0.05) is 18.7 Å². The summed E-state index contributed by atoms with van der Waals surface area (Å²) in [4.78, 5) is 14.7. The Morgan fingerprint density at radius 2 is 1.86 bits per heavy atom. The Morgan fingerprint density at radius 3 is 2.68 bits per heavy atom. The third-order valence-electron chi connectivity index (χ3n) is 5.48. The van der Waals surface area contributed by atoms with Crippen molar-refractivity contribution >= 4 is 5.91 Å². The van der Waals surface area contributed by atoms with Gasteiger partial charge in [-0.1, -0.05) is 35.5 Å². The monoisotopic (exact) mass is 378 g/mol. The van der Waals surface area contributed by atoms with Gasteiger partial charge in [-0.25, -0.2) is 4.68 Å². The highest BCUT2D eigenvalue weighted by molar-refractivity contribution is 5.92. The van der Waals surface area contributed by atoms with Crippen LogP contribution >= 0.6 is 0 Å². The van der Waals surface area contributed by atoms with E-state index in [0.29, 0.717) is 31.4 Å². The molecule has 4 heterocycles. The van der Waals surface area contributed by atoms with Gasteiger partial charge in [0.2, 0.25) is 0 Å². The van der Waals surface area contributed by atoms with Crippen LogP contribution in [0.4, 0.5) is 0 Å². The molecule has 0 aliphatic carbocycles. The van der Waals surface area contributed by atoms with Gasteiger partial charge in [-0.15, -0.1) is 15.3 Å². The van der Waals surface area contributed by atoms with Gasteiger partial charge >= 0.3 is 0 Å². The van der Waals surface area contributed by atoms with Crippen molar-refractivity contribution in [2.45, 2.75) is 32.0 Å². The SMILES string of the molecule is O=C(c1cn(C2CCNCC2)nn1)N1CCn2c(nnc2-c2ccccc2)C1. The minimum absolute atomic E-state index is 0.101. The Hall–Kier alpha value is -3.07. The smallest absolute Gasteiger partial charge is 0.276 e. The van der Waals surface area contributed by atoms with Crippen LogP contribution in [-0.4, -0.2) is 60.2 Å². The molecule has 0 atom stereocenters. The predicted octanol–water partition coefficient (Wildman–Crippen LogP) is 1.12. The summed E-state index contributed by atoms with van der Waals surface area (Å²) in [7, 11) is 0. The lowest BCUT2D eigenvalue weighted by Gasteiger charge is -2.27. The van der Waals surface area contributed by atoms with Gasteiger partial charge in [-0.2, -0.15) is 0 Å². The van der Waals surface area contributed by atoms with E-state index in [2.05, 4.69) is 30.4 Å². The first-order valence-corrected chi connectivity index (χ1v) is 9.69. The molecule has 5 rings (SSSR count). The van der Waals surface area contributed by atoms with E-state index >= 15 is 0 Å². The zero-order valence-electron chi connectivity index (χ0n) is 15.5. The van der Waals surface area contributed by atoms with Gasteiger partial charge in [0.25, 0.3) is 5.91 Å². The van der Waals surface area contributed by atoms with Crippen molar-refractivity contribution in [3.05, 3.63) is 48.0 Å². The molecule has 1 amide bonds. The van der Waals surface area contributed by atoms with E-state index < -0.39 is 0 Å². The summed E-state index contributed by atoms with van der Waals surface area (Å²) in [6.45, 7) is 3.64. The highest BCUT2D eigenvalue weighted by Crippen LogP contribution is 2.22. The van der Waals surface area contributed by atoms with Gasteiger partial charge < -0.3 is 14.8 Å². The number of hydrogen-bond acceptors (Lipinski definition) is 6. The standard InChI is InChI=1S/C19H22N8O/c28-19(16-12-27(24-21-16)15-6-8-20-9-7-15)25-10-11-26-17(13-25)22-23-18(26)14-4-2-1-3-5-14/h1-5,12,15,20H,6-11,13H2. The Morgan fingerprint density at radius 1 is 1.04 bits per heavy atom. The molecule has 0 bridgehead atoms. The first kappa shape index (κ1) is 17.1. The number of rotatable bonds is 3.